The molecule has 0 aliphatic rings. The van der Waals surface area contributed by atoms with E-state index in [-0.39, 0.29) is 11.4 Å². The number of aromatic carboxylic acids is 1. The molecule has 0 atom stereocenters. The monoisotopic (exact) mass is 245 g/mol. The van der Waals surface area contributed by atoms with Crippen molar-refractivity contribution in [3.8, 4) is 5.88 Å². The van der Waals surface area contributed by atoms with Gasteiger partial charge in [-0.2, -0.15) is 0 Å². The maximum absolute atomic E-state index is 11.2. The number of para-hydroxylation sites is 1. The van der Waals surface area contributed by atoms with Gasteiger partial charge in [0.15, 0.2) is 0 Å². The second-order valence-electron chi connectivity index (χ2n) is 4.14. The molecule has 0 aliphatic carbocycles. The number of hydrogen-bond donors (Lipinski definition) is 1. The SMILES string of the molecule is CCCOc1nc2c(C)cccc2cc1C(=O)O. The van der Waals surface area contributed by atoms with E-state index in [0.717, 1.165) is 22.9 Å². The van der Waals surface area contributed by atoms with Gasteiger partial charge in [-0.25, -0.2) is 9.78 Å². The van der Waals surface area contributed by atoms with Crippen LogP contribution >= 0.6 is 0 Å². The van der Waals surface area contributed by atoms with Gasteiger partial charge in [0.2, 0.25) is 5.88 Å². The molecule has 2 aromatic rings. The number of carbonyl (C=O) groups is 1. The van der Waals surface area contributed by atoms with E-state index in [1.54, 1.807) is 6.07 Å². The number of carboxylic acids is 1. The summed E-state index contributed by atoms with van der Waals surface area (Å²) >= 11 is 0. The van der Waals surface area contributed by atoms with Gasteiger partial charge in [-0.3, -0.25) is 0 Å². The van der Waals surface area contributed by atoms with Gasteiger partial charge in [-0.15, -0.1) is 0 Å². The number of hydrogen-bond acceptors (Lipinski definition) is 3. The van der Waals surface area contributed by atoms with Gasteiger partial charge in [-0.1, -0.05) is 25.1 Å². The fraction of sp³-hybridized carbons (Fsp3) is 0.286. The molecular weight excluding hydrogens is 230 g/mol. The van der Waals surface area contributed by atoms with Gasteiger partial charge in [0.1, 0.15) is 5.56 Å². The Morgan fingerprint density at radius 1 is 1.44 bits per heavy atom. The van der Waals surface area contributed by atoms with E-state index in [9.17, 15) is 9.90 Å². The highest BCUT2D eigenvalue weighted by atomic mass is 16.5. The quantitative estimate of drug-likeness (QED) is 0.899. The Morgan fingerprint density at radius 3 is 2.89 bits per heavy atom. The average Bonchev–Trinajstić information content (AvgIpc) is 2.36. The number of aryl methyl sites for hydroxylation is 1. The first-order valence-corrected chi connectivity index (χ1v) is 5.90. The third kappa shape index (κ3) is 2.27. The van der Waals surface area contributed by atoms with E-state index in [2.05, 4.69) is 4.98 Å². The van der Waals surface area contributed by atoms with Gasteiger partial charge >= 0.3 is 5.97 Å². The number of fused-ring (bicyclic) bond motifs is 1. The van der Waals surface area contributed by atoms with Crippen LogP contribution in [0.2, 0.25) is 0 Å². The molecule has 0 saturated heterocycles. The lowest BCUT2D eigenvalue weighted by molar-refractivity contribution is 0.0691. The fourth-order valence-electron chi connectivity index (χ4n) is 1.79. The molecule has 1 aromatic heterocycles. The molecule has 4 nitrogen and oxygen atoms in total. The third-order valence-electron chi connectivity index (χ3n) is 2.69. The van der Waals surface area contributed by atoms with Crippen LogP contribution in [-0.4, -0.2) is 22.7 Å². The van der Waals surface area contributed by atoms with Gasteiger partial charge in [0.25, 0.3) is 0 Å². The van der Waals surface area contributed by atoms with Crippen molar-refractivity contribution in [1.82, 2.24) is 4.98 Å². The maximum atomic E-state index is 11.2. The van der Waals surface area contributed by atoms with E-state index in [4.69, 9.17) is 4.74 Å². The van der Waals surface area contributed by atoms with Gasteiger partial charge in [0.05, 0.1) is 12.1 Å². The summed E-state index contributed by atoms with van der Waals surface area (Å²) < 4.78 is 5.42. The predicted octanol–water partition coefficient (Wildman–Crippen LogP) is 3.03. The van der Waals surface area contributed by atoms with E-state index >= 15 is 0 Å². The molecule has 0 radical (unpaired) electrons. The van der Waals surface area contributed by atoms with Crippen LogP contribution in [0.15, 0.2) is 24.3 Å². The number of ether oxygens (including phenoxy) is 1. The Bertz CT molecular complexity index is 593. The molecule has 1 aromatic carbocycles. The van der Waals surface area contributed by atoms with Crippen LogP contribution in [0.1, 0.15) is 29.3 Å². The van der Waals surface area contributed by atoms with Crippen LogP contribution in [0.5, 0.6) is 5.88 Å². The second kappa shape index (κ2) is 5.04. The second-order valence-corrected chi connectivity index (χ2v) is 4.14. The molecule has 94 valence electrons. The highest BCUT2D eigenvalue weighted by Crippen LogP contribution is 2.24. The first-order chi connectivity index (χ1) is 8.63. The van der Waals surface area contributed by atoms with Crippen LogP contribution in [0.4, 0.5) is 0 Å². The fourth-order valence-corrected chi connectivity index (χ4v) is 1.79. The Labute approximate surface area is 105 Å². The number of aromatic nitrogens is 1. The first-order valence-electron chi connectivity index (χ1n) is 5.90. The summed E-state index contributed by atoms with van der Waals surface area (Å²) in [6, 6.07) is 7.30. The minimum atomic E-state index is -1.02. The van der Waals surface area contributed by atoms with Crippen molar-refractivity contribution in [3.05, 3.63) is 35.4 Å². The molecular formula is C14H15NO3. The number of pyridine rings is 1. The van der Waals surface area contributed by atoms with Crippen LogP contribution in [0, 0.1) is 6.92 Å². The van der Waals surface area contributed by atoms with E-state index < -0.39 is 5.97 Å². The smallest absolute Gasteiger partial charge is 0.341 e. The van der Waals surface area contributed by atoms with Crippen molar-refractivity contribution < 1.29 is 14.6 Å². The van der Waals surface area contributed by atoms with Crippen molar-refractivity contribution in [2.75, 3.05) is 6.61 Å². The largest absolute Gasteiger partial charge is 0.477 e. The predicted molar refractivity (Wildman–Crippen MR) is 69.2 cm³/mol. The number of rotatable bonds is 4. The first kappa shape index (κ1) is 12.4. The summed E-state index contributed by atoms with van der Waals surface area (Å²) in [5.41, 5.74) is 1.90. The minimum absolute atomic E-state index is 0.113. The van der Waals surface area contributed by atoms with Crippen molar-refractivity contribution in [2.45, 2.75) is 20.3 Å². The zero-order valence-electron chi connectivity index (χ0n) is 10.4. The lowest BCUT2D eigenvalue weighted by atomic mass is 10.1. The summed E-state index contributed by atoms with van der Waals surface area (Å²) in [6.07, 6.45) is 0.812. The average molecular weight is 245 g/mol. The number of nitrogens with zero attached hydrogens (tertiary/aromatic N) is 1. The molecule has 0 spiro atoms. The van der Waals surface area contributed by atoms with Gasteiger partial charge < -0.3 is 9.84 Å². The number of carboxylic acid groups (broad SMARTS) is 1. The molecule has 1 N–H and O–H groups in total. The summed E-state index contributed by atoms with van der Waals surface area (Å²) in [7, 11) is 0. The zero-order chi connectivity index (χ0) is 13.1. The van der Waals surface area contributed by atoms with Crippen LogP contribution < -0.4 is 4.74 Å². The van der Waals surface area contributed by atoms with Crippen LogP contribution in [-0.2, 0) is 0 Å². The minimum Gasteiger partial charge on any atom is -0.477 e. The summed E-state index contributed by atoms with van der Waals surface area (Å²) in [4.78, 5) is 15.5. The molecule has 0 aliphatic heterocycles. The maximum Gasteiger partial charge on any atom is 0.341 e. The summed E-state index contributed by atoms with van der Waals surface area (Å²) in [5.74, 6) is -0.817. The molecule has 4 heteroatoms. The summed E-state index contributed by atoms with van der Waals surface area (Å²) in [5, 5.41) is 9.99. The number of benzene rings is 1. The third-order valence-corrected chi connectivity index (χ3v) is 2.69. The Kier molecular flexibility index (Phi) is 3.46. The lowest BCUT2D eigenvalue weighted by Crippen LogP contribution is -2.06. The van der Waals surface area contributed by atoms with E-state index in [1.807, 2.05) is 32.0 Å². The van der Waals surface area contributed by atoms with Crippen LogP contribution in [0.25, 0.3) is 10.9 Å². The molecule has 0 amide bonds. The lowest BCUT2D eigenvalue weighted by Gasteiger charge is -2.09. The van der Waals surface area contributed by atoms with Gasteiger partial charge in [-0.05, 0) is 25.0 Å². The Morgan fingerprint density at radius 2 is 2.22 bits per heavy atom. The Hall–Kier alpha value is -2.10. The molecule has 1 heterocycles. The molecule has 0 bridgehead atoms. The molecule has 0 unspecified atom stereocenters. The van der Waals surface area contributed by atoms with Gasteiger partial charge in [0, 0.05) is 5.39 Å². The van der Waals surface area contributed by atoms with E-state index in [1.165, 1.54) is 0 Å². The van der Waals surface area contributed by atoms with Crippen molar-refractivity contribution in [2.24, 2.45) is 0 Å². The van der Waals surface area contributed by atoms with Crippen LogP contribution in [0.3, 0.4) is 0 Å². The highest BCUT2D eigenvalue weighted by Gasteiger charge is 2.15. The molecule has 0 fully saturated rings. The molecule has 18 heavy (non-hydrogen) atoms. The van der Waals surface area contributed by atoms with Crippen molar-refractivity contribution in [3.63, 3.8) is 0 Å². The Balaban J connectivity index is 2.61. The standard InChI is InChI=1S/C14H15NO3/c1-3-7-18-13-11(14(16)17)8-10-6-4-5-9(2)12(10)15-13/h4-6,8H,3,7H2,1-2H3,(H,16,17). The summed E-state index contributed by atoms with van der Waals surface area (Å²) in [6.45, 7) is 4.37. The molecule has 2 rings (SSSR count). The topological polar surface area (TPSA) is 59.4 Å². The van der Waals surface area contributed by atoms with Crippen molar-refractivity contribution >= 4 is 16.9 Å². The van der Waals surface area contributed by atoms with E-state index in [0.29, 0.717) is 6.61 Å². The highest BCUT2D eigenvalue weighted by molar-refractivity contribution is 5.95. The molecule has 0 saturated carbocycles. The van der Waals surface area contributed by atoms with Crippen molar-refractivity contribution in [1.29, 1.82) is 0 Å². The zero-order valence-corrected chi connectivity index (χ0v) is 10.4. The normalized spacial score (nSPS) is 10.6.